The number of piperazine rings is 1. The summed E-state index contributed by atoms with van der Waals surface area (Å²) in [7, 11) is 2.07. The summed E-state index contributed by atoms with van der Waals surface area (Å²) in [6.45, 7) is 8.62. The first-order valence-electron chi connectivity index (χ1n) is 8.39. The van der Waals surface area contributed by atoms with E-state index in [-0.39, 0.29) is 11.9 Å². The lowest BCUT2D eigenvalue weighted by Gasteiger charge is -2.35. The molecule has 22 heavy (non-hydrogen) atoms. The molecule has 0 aliphatic carbocycles. The van der Waals surface area contributed by atoms with E-state index >= 15 is 0 Å². The number of likely N-dealkylation sites (N-methyl/N-ethyl adjacent to an activating group) is 1. The van der Waals surface area contributed by atoms with Crippen molar-refractivity contribution in [3.8, 4) is 0 Å². The Morgan fingerprint density at radius 2 is 1.91 bits per heavy atom. The van der Waals surface area contributed by atoms with Gasteiger partial charge in [-0.1, -0.05) is 43.2 Å². The highest BCUT2D eigenvalue weighted by Gasteiger charge is 2.29. The molecular formula is C18H29N3O. The zero-order valence-corrected chi connectivity index (χ0v) is 14.1. The molecule has 0 saturated carbocycles. The molecule has 1 unspecified atom stereocenters. The van der Waals surface area contributed by atoms with Gasteiger partial charge in [-0.15, -0.1) is 0 Å². The maximum absolute atomic E-state index is 13.0. The number of carbonyl (C=O) groups is 1. The Hall–Kier alpha value is -1.39. The Morgan fingerprint density at radius 1 is 1.27 bits per heavy atom. The monoisotopic (exact) mass is 303 g/mol. The number of rotatable bonds is 6. The van der Waals surface area contributed by atoms with Crippen LogP contribution in [0, 0.1) is 6.92 Å². The molecule has 4 nitrogen and oxygen atoms in total. The summed E-state index contributed by atoms with van der Waals surface area (Å²) in [6, 6.07) is 8.23. The molecule has 1 aliphatic rings. The van der Waals surface area contributed by atoms with Crippen LogP contribution in [0.25, 0.3) is 0 Å². The fourth-order valence-corrected chi connectivity index (χ4v) is 2.93. The molecule has 0 spiro atoms. The van der Waals surface area contributed by atoms with Crippen molar-refractivity contribution in [3.63, 3.8) is 0 Å². The smallest absolute Gasteiger partial charge is 0.244 e. The number of unbranched alkanes of at least 4 members (excludes halogenated alkanes) is 1. The minimum absolute atomic E-state index is 0.162. The molecule has 1 atom stereocenters. The minimum Gasteiger partial charge on any atom is -0.338 e. The Labute approximate surface area is 134 Å². The summed E-state index contributed by atoms with van der Waals surface area (Å²) in [6.07, 6.45) is 2.26. The number of hydrogen-bond acceptors (Lipinski definition) is 3. The number of amides is 1. The van der Waals surface area contributed by atoms with E-state index in [1.807, 2.05) is 4.90 Å². The normalized spacial score (nSPS) is 16.8. The zero-order chi connectivity index (χ0) is 15.9. The Bertz CT molecular complexity index is 466. The van der Waals surface area contributed by atoms with Crippen LogP contribution in [0.4, 0.5) is 0 Å². The van der Waals surface area contributed by atoms with E-state index in [9.17, 15) is 4.79 Å². The van der Waals surface area contributed by atoms with Gasteiger partial charge in [0.2, 0.25) is 5.91 Å². The average molecular weight is 303 g/mol. The van der Waals surface area contributed by atoms with Crippen molar-refractivity contribution in [2.75, 3.05) is 39.8 Å². The first-order chi connectivity index (χ1) is 10.6. The molecule has 0 aromatic heterocycles. The molecule has 1 aromatic rings. The lowest BCUT2D eigenvalue weighted by atomic mass is 10.0. The van der Waals surface area contributed by atoms with Crippen LogP contribution in [-0.2, 0) is 4.79 Å². The maximum atomic E-state index is 13.0. The highest BCUT2D eigenvalue weighted by molar-refractivity contribution is 5.83. The number of benzene rings is 1. The van der Waals surface area contributed by atoms with Crippen molar-refractivity contribution >= 4 is 5.91 Å². The molecule has 0 bridgehead atoms. The second-order valence-electron chi connectivity index (χ2n) is 6.22. The highest BCUT2D eigenvalue weighted by atomic mass is 16.2. The van der Waals surface area contributed by atoms with Gasteiger partial charge >= 0.3 is 0 Å². The van der Waals surface area contributed by atoms with Crippen LogP contribution in [0.2, 0.25) is 0 Å². The number of hydrogen-bond donors (Lipinski definition) is 1. The average Bonchev–Trinajstić information content (AvgIpc) is 2.55. The van der Waals surface area contributed by atoms with Gasteiger partial charge in [-0.3, -0.25) is 9.69 Å². The summed E-state index contributed by atoms with van der Waals surface area (Å²) in [5.74, 6) is 0.240. The lowest BCUT2D eigenvalue weighted by molar-refractivity contribution is -0.137. The van der Waals surface area contributed by atoms with Gasteiger partial charge < -0.3 is 10.2 Å². The van der Waals surface area contributed by atoms with Crippen LogP contribution in [0.3, 0.4) is 0 Å². The Kier molecular flexibility index (Phi) is 6.40. The lowest BCUT2D eigenvalue weighted by Crippen LogP contribution is -2.50. The second-order valence-corrected chi connectivity index (χ2v) is 6.22. The highest BCUT2D eigenvalue weighted by Crippen LogP contribution is 2.23. The standard InChI is InChI=1S/C18H29N3O/c1-4-5-12-20(3)17(16-8-6-15(2)7-9-16)18(22)21-13-10-19-11-14-21/h6-9,17,19H,4-5,10-14H2,1-3H3. The van der Waals surface area contributed by atoms with E-state index in [0.717, 1.165) is 51.1 Å². The molecule has 1 N–H and O–H groups in total. The van der Waals surface area contributed by atoms with E-state index in [1.165, 1.54) is 5.56 Å². The van der Waals surface area contributed by atoms with Crippen molar-refractivity contribution in [2.24, 2.45) is 0 Å². The summed E-state index contributed by atoms with van der Waals surface area (Å²) in [5, 5.41) is 3.31. The van der Waals surface area contributed by atoms with Crippen molar-refractivity contribution in [1.29, 1.82) is 0 Å². The fourth-order valence-electron chi connectivity index (χ4n) is 2.93. The zero-order valence-electron chi connectivity index (χ0n) is 14.1. The second kappa shape index (κ2) is 8.30. The fraction of sp³-hybridized carbons (Fsp3) is 0.611. The summed E-state index contributed by atoms with van der Waals surface area (Å²) in [4.78, 5) is 17.3. The minimum atomic E-state index is -0.162. The van der Waals surface area contributed by atoms with E-state index < -0.39 is 0 Å². The molecule has 4 heteroatoms. The van der Waals surface area contributed by atoms with Gasteiger partial charge in [0, 0.05) is 26.2 Å². The first-order valence-corrected chi connectivity index (χ1v) is 8.39. The SMILES string of the molecule is CCCCN(C)C(C(=O)N1CCNCC1)c1ccc(C)cc1. The largest absolute Gasteiger partial charge is 0.338 e. The van der Waals surface area contributed by atoms with Gasteiger partial charge in [0.1, 0.15) is 6.04 Å². The van der Waals surface area contributed by atoms with E-state index in [2.05, 4.69) is 55.4 Å². The number of nitrogens with zero attached hydrogens (tertiary/aromatic N) is 2. The summed E-state index contributed by atoms with van der Waals surface area (Å²) < 4.78 is 0. The van der Waals surface area contributed by atoms with Gasteiger partial charge in [0.05, 0.1) is 0 Å². The first kappa shape index (κ1) is 17.0. The number of carbonyl (C=O) groups excluding carboxylic acids is 1. The quantitative estimate of drug-likeness (QED) is 0.875. The predicted octanol–water partition coefficient (Wildman–Crippen LogP) is 2.20. The molecule has 1 saturated heterocycles. The van der Waals surface area contributed by atoms with Crippen molar-refractivity contribution in [1.82, 2.24) is 15.1 Å². The third-order valence-corrected chi connectivity index (χ3v) is 4.36. The summed E-state index contributed by atoms with van der Waals surface area (Å²) in [5.41, 5.74) is 2.33. The van der Waals surface area contributed by atoms with Crippen LogP contribution in [0.1, 0.15) is 36.9 Å². The summed E-state index contributed by atoms with van der Waals surface area (Å²) >= 11 is 0. The van der Waals surface area contributed by atoms with E-state index in [4.69, 9.17) is 0 Å². The molecular weight excluding hydrogens is 274 g/mol. The third-order valence-electron chi connectivity index (χ3n) is 4.36. The topological polar surface area (TPSA) is 35.6 Å². The number of aryl methyl sites for hydroxylation is 1. The molecule has 1 amide bonds. The van der Waals surface area contributed by atoms with Gasteiger partial charge in [0.25, 0.3) is 0 Å². The molecule has 0 radical (unpaired) electrons. The molecule has 1 aromatic carbocycles. The van der Waals surface area contributed by atoms with Crippen LogP contribution >= 0.6 is 0 Å². The predicted molar refractivity (Wildman–Crippen MR) is 90.9 cm³/mol. The maximum Gasteiger partial charge on any atom is 0.244 e. The van der Waals surface area contributed by atoms with Crippen LogP contribution in [0.15, 0.2) is 24.3 Å². The van der Waals surface area contributed by atoms with Crippen molar-refractivity contribution < 1.29 is 4.79 Å². The van der Waals surface area contributed by atoms with Gasteiger partial charge in [-0.05, 0) is 32.5 Å². The third kappa shape index (κ3) is 4.31. The molecule has 2 rings (SSSR count). The van der Waals surface area contributed by atoms with Crippen LogP contribution in [0.5, 0.6) is 0 Å². The van der Waals surface area contributed by atoms with Gasteiger partial charge in [-0.2, -0.15) is 0 Å². The number of nitrogens with one attached hydrogen (secondary N) is 1. The van der Waals surface area contributed by atoms with Gasteiger partial charge in [-0.25, -0.2) is 0 Å². The van der Waals surface area contributed by atoms with Crippen LogP contribution in [-0.4, -0.2) is 55.5 Å². The van der Waals surface area contributed by atoms with E-state index in [1.54, 1.807) is 0 Å². The molecule has 122 valence electrons. The van der Waals surface area contributed by atoms with E-state index in [0.29, 0.717) is 0 Å². The van der Waals surface area contributed by atoms with Crippen LogP contribution < -0.4 is 5.32 Å². The molecule has 1 aliphatic heterocycles. The van der Waals surface area contributed by atoms with Crippen molar-refractivity contribution in [2.45, 2.75) is 32.7 Å². The Balaban J connectivity index is 2.19. The van der Waals surface area contributed by atoms with Crippen molar-refractivity contribution in [3.05, 3.63) is 35.4 Å². The molecule has 1 heterocycles. The van der Waals surface area contributed by atoms with Gasteiger partial charge in [0.15, 0.2) is 0 Å². The Morgan fingerprint density at radius 3 is 2.50 bits per heavy atom. The molecule has 1 fully saturated rings.